The number of halogens is 3. The second-order valence-corrected chi connectivity index (χ2v) is 9.22. The van der Waals surface area contributed by atoms with Crippen molar-refractivity contribution in [3.8, 4) is 0 Å². The lowest BCUT2D eigenvalue weighted by molar-refractivity contribution is -0.192. The molecule has 2 amide bonds. The van der Waals surface area contributed by atoms with E-state index in [2.05, 4.69) is 14.5 Å². The highest BCUT2D eigenvalue weighted by Gasteiger charge is 2.48. The number of imidazole rings is 1. The molecule has 3 aliphatic heterocycles. The van der Waals surface area contributed by atoms with E-state index in [-0.39, 0.29) is 11.8 Å². The van der Waals surface area contributed by atoms with Crippen LogP contribution in [0.3, 0.4) is 0 Å². The fraction of sp³-hybridized carbons (Fsp3) is 0.542. The Morgan fingerprint density at radius 2 is 1.59 bits per heavy atom. The van der Waals surface area contributed by atoms with Crippen molar-refractivity contribution in [2.75, 3.05) is 26.2 Å². The fourth-order valence-electron chi connectivity index (χ4n) is 4.93. The van der Waals surface area contributed by atoms with Crippen LogP contribution < -0.4 is 0 Å². The van der Waals surface area contributed by atoms with Crippen LogP contribution in [0.15, 0.2) is 36.9 Å². The van der Waals surface area contributed by atoms with Crippen molar-refractivity contribution < 1.29 is 37.4 Å². The number of rotatable bonds is 2. The summed E-state index contributed by atoms with van der Waals surface area (Å²) < 4.78 is 40.3. The summed E-state index contributed by atoms with van der Waals surface area (Å²) >= 11 is 0. The van der Waals surface area contributed by atoms with Crippen molar-refractivity contribution in [1.29, 1.82) is 0 Å². The van der Waals surface area contributed by atoms with Gasteiger partial charge in [-0.15, -0.1) is 0 Å². The molecule has 2 aromatic rings. The summed E-state index contributed by atoms with van der Waals surface area (Å²) in [5.74, 6) is -1.79. The number of alkyl halides is 3. The van der Waals surface area contributed by atoms with Gasteiger partial charge in [-0.05, 0) is 31.4 Å². The molecule has 13 heteroatoms. The summed E-state index contributed by atoms with van der Waals surface area (Å²) in [6.45, 7) is 3.27. The Balaban J connectivity index is 0.000000405. The Morgan fingerprint density at radius 1 is 0.973 bits per heavy atom. The minimum atomic E-state index is -5.08. The van der Waals surface area contributed by atoms with E-state index in [0.29, 0.717) is 38.0 Å². The summed E-state index contributed by atoms with van der Waals surface area (Å²) in [6, 6.07) is 3.48. The van der Waals surface area contributed by atoms with Gasteiger partial charge in [0.2, 0.25) is 0 Å². The summed E-state index contributed by atoms with van der Waals surface area (Å²) in [4.78, 5) is 47.2. The van der Waals surface area contributed by atoms with Crippen LogP contribution in [-0.2, 0) is 26.5 Å². The average Bonchev–Trinajstić information content (AvgIpc) is 3.39. The van der Waals surface area contributed by atoms with Crippen molar-refractivity contribution in [2.24, 2.45) is 0 Å². The second-order valence-electron chi connectivity index (χ2n) is 9.22. The molecular weight excluding hydrogens is 495 g/mol. The molecule has 10 nitrogen and oxygen atoms in total. The van der Waals surface area contributed by atoms with Crippen molar-refractivity contribution in [3.05, 3.63) is 48.3 Å². The number of piperidine rings is 2. The van der Waals surface area contributed by atoms with Gasteiger partial charge in [-0.1, -0.05) is 0 Å². The second kappa shape index (κ2) is 10.9. The lowest BCUT2D eigenvalue weighted by atomic mass is 9.88. The third-order valence-corrected chi connectivity index (χ3v) is 6.82. The molecule has 0 saturated carbocycles. The van der Waals surface area contributed by atoms with E-state index in [0.717, 1.165) is 31.8 Å². The number of carboxylic acids is 1. The number of carbonyl (C=O) groups excluding carboxylic acids is 2. The highest BCUT2D eigenvalue weighted by atomic mass is 19.4. The van der Waals surface area contributed by atoms with E-state index in [4.69, 9.17) is 14.6 Å². The minimum absolute atomic E-state index is 0.00680. The van der Waals surface area contributed by atoms with Gasteiger partial charge in [0.15, 0.2) is 6.10 Å². The van der Waals surface area contributed by atoms with E-state index in [1.54, 1.807) is 30.7 Å². The lowest BCUT2D eigenvalue weighted by Crippen LogP contribution is -2.55. The van der Waals surface area contributed by atoms with Crippen molar-refractivity contribution >= 4 is 17.8 Å². The smallest absolute Gasteiger partial charge is 0.475 e. The first kappa shape index (κ1) is 26.6. The molecule has 1 atom stereocenters. The molecule has 0 bridgehead atoms. The normalized spacial score (nSPS) is 21.0. The number of carboxylic acid groups (broad SMARTS) is 1. The average molecular weight is 524 g/mol. The molecule has 37 heavy (non-hydrogen) atoms. The Labute approximate surface area is 211 Å². The number of pyridine rings is 1. The molecule has 200 valence electrons. The van der Waals surface area contributed by atoms with Crippen LogP contribution in [0, 0.1) is 0 Å². The molecule has 2 aromatic heterocycles. The van der Waals surface area contributed by atoms with Crippen LogP contribution in [0.1, 0.15) is 48.3 Å². The quantitative estimate of drug-likeness (QED) is 0.643. The molecule has 0 radical (unpaired) electrons. The summed E-state index contributed by atoms with van der Waals surface area (Å²) in [5.41, 5.74) is 0.0255. The van der Waals surface area contributed by atoms with Gasteiger partial charge < -0.3 is 24.2 Å². The molecule has 2 saturated heterocycles. The summed E-state index contributed by atoms with van der Waals surface area (Å²) in [6.07, 6.45) is 5.98. The number of aromatic nitrogens is 3. The Kier molecular flexibility index (Phi) is 7.81. The molecule has 1 N–H and O–H groups in total. The lowest BCUT2D eigenvalue weighted by Gasteiger charge is -2.46. The zero-order chi connectivity index (χ0) is 26.6. The number of likely N-dealkylation sites (tertiary alicyclic amines) is 2. The first-order valence-corrected chi connectivity index (χ1v) is 12.1. The molecule has 1 spiro atoms. The summed E-state index contributed by atoms with van der Waals surface area (Å²) in [7, 11) is 0. The monoisotopic (exact) mass is 523 g/mol. The van der Waals surface area contributed by atoms with E-state index in [1.165, 1.54) is 6.42 Å². The van der Waals surface area contributed by atoms with Gasteiger partial charge in [-0.3, -0.25) is 14.6 Å². The summed E-state index contributed by atoms with van der Waals surface area (Å²) in [5, 5.41) is 7.12. The van der Waals surface area contributed by atoms with Gasteiger partial charge in [-0.25, -0.2) is 9.78 Å². The van der Waals surface area contributed by atoms with Crippen LogP contribution in [0.5, 0.6) is 0 Å². The number of ether oxygens (including phenoxy) is 1. The standard InChI is InChI=1S/C22H27N5O3.C2HF3O2/c28-19(17-4-8-23-9-5-17)26-13-6-22(7-14-26)21-24-10-15-27(21)16-18(30-22)20(29)25-11-2-1-3-12-25;3-2(4,5)1(6)7/h4-5,8-10,15,18H,1-3,6-7,11-14,16H2;(H,6,7). The number of carbonyl (C=O) groups is 3. The predicted molar refractivity (Wildman–Crippen MR) is 122 cm³/mol. The van der Waals surface area contributed by atoms with Crippen LogP contribution in [0.2, 0.25) is 0 Å². The molecule has 0 aliphatic carbocycles. The fourth-order valence-corrected chi connectivity index (χ4v) is 4.93. The van der Waals surface area contributed by atoms with Crippen LogP contribution >= 0.6 is 0 Å². The van der Waals surface area contributed by atoms with Crippen LogP contribution in [-0.4, -0.2) is 85.7 Å². The molecule has 0 aromatic carbocycles. The topological polar surface area (TPSA) is 118 Å². The van der Waals surface area contributed by atoms with Gasteiger partial charge in [0.25, 0.3) is 11.8 Å². The highest BCUT2D eigenvalue weighted by Crippen LogP contribution is 2.40. The molecule has 3 aliphatic rings. The van der Waals surface area contributed by atoms with Gasteiger partial charge in [-0.2, -0.15) is 13.2 Å². The zero-order valence-electron chi connectivity index (χ0n) is 20.1. The zero-order valence-corrected chi connectivity index (χ0v) is 20.1. The van der Waals surface area contributed by atoms with Gasteiger partial charge in [0.05, 0.1) is 6.54 Å². The molecular formula is C24H28F3N5O5. The van der Waals surface area contributed by atoms with Crippen molar-refractivity contribution in [2.45, 2.75) is 56.5 Å². The third-order valence-electron chi connectivity index (χ3n) is 6.82. The van der Waals surface area contributed by atoms with Crippen molar-refractivity contribution in [1.82, 2.24) is 24.3 Å². The van der Waals surface area contributed by atoms with E-state index >= 15 is 0 Å². The Morgan fingerprint density at radius 3 is 2.19 bits per heavy atom. The number of aliphatic carboxylic acids is 1. The third kappa shape index (κ3) is 5.92. The maximum Gasteiger partial charge on any atom is 0.490 e. The number of hydrogen-bond donors (Lipinski definition) is 1. The van der Waals surface area contributed by atoms with E-state index in [9.17, 15) is 22.8 Å². The number of amides is 2. The number of hydrogen-bond acceptors (Lipinski definition) is 6. The maximum absolute atomic E-state index is 13.2. The van der Waals surface area contributed by atoms with Crippen molar-refractivity contribution in [3.63, 3.8) is 0 Å². The molecule has 5 heterocycles. The minimum Gasteiger partial charge on any atom is -0.475 e. The SMILES string of the molecule is O=C(O)C(F)(F)F.O=C(c1ccncc1)N1CCC2(CC1)OC(C(=O)N1CCCCC1)Cn1ccnc12. The van der Waals surface area contributed by atoms with Crippen LogP contribution in [0.25, 0.3) is 0 Å². The highest BCUT2D eigenvalue weighted by molar-refractivity contribution is 5.94. The van der Waals surface area contributed by atoms with Gasteiger partial charge in [0.1, 0.15) is 11.4 Å². The molecule has 2 fully saturated rings. The largest absolute Gasteiger partial charge is 0.490 e. The number of nitrogens with zero attached hydrogens (tertiary/aromatic N) is 5. The van der Waals surface area contributed by atoms with E-state index in [1.807, 2.05) is 16.0 Å². The molecule has 1 unspecified atom stereocenters. The van der Waals surface area contributed by atoms with Gasteiger partial charge in [0, 0.05) is 69.4 Å². The van der Waals surface area contributed by atoms with Crippen LogP contribution in [0.4, 0.5) is 13.2 Å². The van der Waals surface area contributed by atoms with Gasteiger partial charge >= 0.3 is 12.1 Å². The number of fused-ring (bicyclic) bond motifs is 2. The first-order valence-electron chi connectivity index (χ1n) is 12.1. The first-order chi connectivity index (χ1) is 17.6. The Hall–Kier alpha value is -3.48. The van der Waals surface area contributed by atoms with E-state index < -0.39 is 23.9 Å². The Bertz CT molecular complexity index is 1110. The maximum atomic E-state index is 13.2. The predicted octanol–water partition coefficient (Wildman–Crippen LogP) is 2.45. The molecule has 5 rings (SSSR count).